The molecule has 1 aliphatic rings. The highest BCUT2D eigenvalue weighted by Gasteiger charge is 2.39. The molecule has 0 spiro atoms. The lowest BCUT2D eigenvalue weighted by Gasteiger charge is -2.19. The van der Waals surface area contributed by atoms with Crippen LogP contribution in [0, 0.1) is 11.8 Å². The molecular weight excluding hydrogens is 699 g/mol. The lowest BCUT2D eigenvalue weighted by atomic mass is 9.88. The fourth-order valence-electron chi connectivity index (χ4n) is 6.16. The van der Waals surface area contributed by atoms with Crippen LogP contribution in [0.4, 0.5) is 0 Å². The van der Waals surface area contributed by atoms with Crippen LogP contribution in [0.3, 0.4) is 0 Å². The molecule has 0 amide bonds. The predicted octanol–water partition coefficient (Wildman–Crippen LogP) is 8.54. The Morgan fingerprint density at radius 2 is 1.38 bits per heavy atom. The number of Topliss-reactive ketones (excluding diaryl/α,β-unsaturated/α-hetero) is 1. The first-order valence-corrected chi connectivity index (χ1v) is 21.6. The fraction of sp³-hybridized carbons (Fsp3) is 0.732. The van der Waals surface area contributed by atoms with Crippen LogP contribution in [-0.4, -0.2) is 69.2 Å². The van der Waals surface area contributed by atoms with Crippen molar-refractivity contribution in [3.05, 3.63) is 48.6 Å². The molecule has 0 unspecified atom stereocenters. The standard InChI is InChI=1S/C41H69O11P/c1-3-5-7-8-9-10-11-12-13-14-15-16-17-18-23-27-40(45)50-32-35(33-51-53(47,48)49)52-41(46)28-24-20-19-22-26-36-37(39(44)31-38(36)43)30-29-34(42)25-21-6-4-2/h9-10,12-13,15-16,29-30,34-37,39,42,44H,3-8,11,14,17-28,31-33H2,1-2H3,(H2,47,48,49)/b10-9-,13-12-,16-15-,30-29+/t34-,35+,36+,37+,39+/m0/s1. The summed E-state index contributed by atoms with van der Waals surface area (Å²) in [5, 5.41) is 20.6. The molecule has 1 rings (SSSR count). The Kier molecular flexibility index (Phi) is 28.3. The van der Waals surface area contributed by atoms with Gasteiger partial charge >= 0.3 is 19.8 Å². The summed E-state index contributed by atoms with van der Waals surface area (Å²) < 4.78 is 26.3. The van der Waals surface area contributed by atoms with Crippen molar-refractivity contribution in [2.75, 3.05) is 13.2 Å². The van der Waals surface area contributed by atoms with Crippen molar-refractivity contribution in [3.8, 4) is 0 Å². The molecule has 0 aromatic carbocycles. The monoisotopic (exact) mass is 768 g/mol. The van der Waals surface area contributed by atoms with E-state index in [1.165, 1.54) is 19.3 Å². The van der Waals surface area contributed by atoms with Crippen LogP contribution in [0.1, 0.15) is 149 Å². The smallest absolute Gasteiger partial charge is 0.462 e. The van der Waals surface area contributed by atoms with Crippen molar-refractivity contribution in [2.45, 2.75) is 167 Å². The minimum absolute atomic E-state index is 0.0311. The second-order valence-corrected chi connectivity index (χ2v) is 15.3. The first-order chi connectivity index (χ1) is 25.5. The summed E-state index contributed by atoms with van der Waals surface area (Å²) in [6.07, 6.45) is 30.2. The van der Waals surface area contributed by atoms with E-state index in [9.17, 15) is 29.2 Å². The summed E-state index contributed by atoms with van der Waals surface area (Å²) >= 11 is 0. The molecule has 11 nitrogen and oxygen atoms in total. The highest BCUT2D eigenvalue weighted by atomic mass is 31.2. The zero-order valence-corrected chi connectivity index (χ0v) is 33.3. The summed E-state index contributed by atoms with van der Waals surface area (Å²) in [7, 11) is -4.83. The molecule has 4 N–H and O–H groups in total. The van der Waals surface area contributed by atoms with E-state index in [0.717, 1.165) is 64.2 Å². The number of hydrogen-bond donors (Lipinski definition) is 4. The number of carbonyl (C=O) groups excluding carboxylic acids is 3. The SMILES string of the molecule is CCCCC/C=C\C/C=C\C/C=C\CCCCC(=O)OC[C@H](COP(=O)(O)O)OC(=O)CCCCCC[C@H]1C(=O)C[C@@H](O)[C@@H]1/C=C/[C@@H](O)CCCCC. The van der Waals surface area contributed by atoms with Gasteiger partial charge in [0.2, 0.25) is 0 Å². The number of esters is 2. The quantitative estimate of drug-likeness (QED) is 0.0223. The molecule has 1 aliphatic carbocycles. The molecule has 0 aromatic rings. The number of carbonyl (C=O) groups is 3. The van der Waals surface area contributed by atoms with Crippen molar-refractivity contribution in [1.29, 1.82) is 0 Å². The van der Waals surface area contributed by atoms with E-state index in [0.29, 0.717) is 32.1 Å². The van der Waals surface area contributed by atoms with Gasteiger partial charge in [0.15, 0.2) is 6.10 Å². The third-order valence-electron chi connectivity index (χ3n) is 9.22. The van der Waals surface area contributed by atoms with Crippen LogP contribution in [0.25, 0.3) is 0 Å². The van der Waals surface area contributed by atoms with Crippen LogP contribution >= 0.6 is 7.82 Å². The number of aliphatic hydroxyl groups excluding tert-OH is 2. The molecule has 304 valence electrons. The Hall–Kier alpha value is -2.40. The average molecular weight is 769 g/mol. The Morgan fingerprint density at radius 3 is 2.04 bits per heavy atom. The number of phosphoric ester groups is 1. The molecule has 12 heteroatoms. The summed E-state index contributed by atoms with van der Waals surface area (Å²) in [5.41, 5.74) is 0. The van der Waals surface area contributed by atoms with Gasteiger partial charge in [0.05, 0.1) is 18.8 Å². The molecule has 1 saturated carbocycles. The van der Waals surface area contributed by atoms with Gasteiger partial charge in [-0.15, -0.1) is 0 Å². The van der Waals surface area contributed by atoms with Crippen molar-refractivity contribution in [2.24, 2.45) is 11.8 Å². The highest BCUT2D eigenvalue weighted by Crippen LogP contribution is 2.36. The number of hydrogen-bond acceptors (Lipinski definition) is 9. The number of ether oxygens (including phenoxy) is 2. The van der Waals surface area contributed by atoms with Crippen LogP contribution in [0.5, 0.6) is 0 Å². The van der Waals surface area contributed by atoms with Crippen LogP contribution in [0.2, 0.25) is 0 Å². The third kappa shape index (κ3) is 26.9. The topological polar surface area (TPSA) is 177 Å². The predicted molar refractivity (Wildman–Crippen MR) is 208 cm³/mol. The Labute approximate surface area is 318 Å². The van der Waals surface area contributed by atoms with Crippen molar-refractivity contribution in [3.63, 3.8) is 0 Å². The van der Waals surface area contributed by atoms with Crippen molar-refractivity contribution >= 4 is 25.5 Å². The molecule has 0 radical (unpaired) electrons. The molecule has 0 saturated heterocycles. The average Bonchev–Trinajstić information content (AvgIpc) is 3.38. The Balaban J connectivity index is 2.32. The van der Waals surface area contributed by atoms with Crippen molar-refractivity contribution in [1.82, 2.24) is 0 Å². The molecule has 0 bridgehead atoms. The fourth-order valence-corrected chi connectivity index (χ4v) is 6.52. The zero-order chi connectivity index (χ0) is 39.2. The number of ketones is 1. The van der Waals surface area contributed by atoms with E-state index in [1.54, 1.807) is 12.2 Å². The maximum Gasteiger partial charge on any atom is 0.469 e. The van der Waals surface area contributed by atoms with Crippen LogP contribution in [0.15, 0.2) is 48.6 Å². The van der Waals surface area contributed by atoms with E-state index >= 15 is 0 Å². The van der Waals surface area contributed by atoms with Gasteiger partial charge in [0, 0.05) is 31.1 Å². The lowest BCUT2D eigenvalue weighted by Crippen LogP contribution is -2.29. The van der Waals surface area contributed by atoms with E-state index in [1.807, 2.05) is 0 Å². The number of phosphoric acid groups is 1. The van der Waals surface area contributed by atoms with Gasteiger partial charge in [-0.3, -0.25) is 18.9 Å². The van der Waals surface area contributed by atoms with Crippen LogP contribution < -0.4 is 0 Å². The summed E-state index contributed by atoms with van der Waals surface area (Å²) in [4.78, 5) is 55.5. The second-order valence-electron chi connectivity index (χ2n) is 14.0. The Morgan fingerprint density at radius 1 is 0.792 bits per heavy atom. The Bertz CT molecular complexity index is 1160. The van der Waals surface area contributed by atoms with E-state index in [2.05, 4.69) is 54.8 Å². The highest BCUT2D eigenvalue weighted by molar-refractivity contribution is 7.46. The largest absolute Gasteiger partial charge is 0.469 e. The molecule has 0 heterocycles. The number of allylic oxidation sites excluding steroid dienone is 6. The van der Waals surface area contributed by atoms with Gasteiger partial charge in [-0.25, -0.2) is 4.57 Å². The molecule has 0 aliphatic heterocycles. The second kappa shape index (κ2) is 30.9. The van der Waals surface area contributed by atoms with Gasteiger partial charge in [0.1, 0.15) is 12.4 Å². The number of aliphatic hydroxyl groups is 2. The van der Waals surface area contributed by atoms with Crippen molar-refractivity contribution < 1.29 is 52.9 Å². The summed E-state index contributed by atoms with van der Waals surface area (Å²) in [6, 6.07) is 0. The maximum atomic E-state index is 12.5. The molecule has 53 heavy (non-hydrogen) atoms. The van der Waals surface area contributed by atoms with Gasteiger partial charge < -0.3 is 29.5 Å². The first kappa shape index (κ1) is 48.6. The minimum atomic E-state index is -4.83. The maximum absolute atomic E-state index is 12.5. The third-order valence-corrected chi connectivity index (χ3v) is 9.70. The summed E-state index contributed by atoms with van der Waals surface area (Å²) in [6.45, 7) is 3.31. The van der Waals surface area contributed by atoms with Gasteiger partial charge in [-0.1, -0.05) is 114 Å². The molecular formula is C41H69O11P. The minimum Gasteiger partial charge on any atom is -0.462 e. The first-order valence-electron chi connectivity index (χ1n) is 20.0. The van der Waals surface area contributed by atoms with Gasteiger partial charge in [0.25, 0.3) is 0 Å². The van der Waals surface area contributed by atoms with Gasteiger partial charge in [-0.2, -0.15) is 0 Å². The van der Waals surface area contributed by atoms with E-state index in [-0.39, 0.29) is 43.5 Å². The number of rotatable bonds is 32. The van der Waals surface area contributed by atoms with Gasteiger partial charge in [-0.05, 0) is 64.2 Å². The normalized spacial score (nSPS) is 19.3. The van der Waals surface area contributed by atoms with E-state index in [4.69, 9.17) is 19.3 Å². The van der Waals surface area contributed by atoms with Crippen LogP contribution in [-0.2, 0) is 32.9 Å². The lowest BCUT2D eigenvalue weighted by molar-refractivity contribution is -0.161. The molecule has 5 atom stereocenters. The number of unbranched alkanes of at least 4 members (excludes halogenated alkanes) is 10. The molecule has 1 fully saturated rings. The molecule has 0 aromatic heterocycles. The zero-order valence-electron chi connectivity index (χ0n) is 32.4. The summed E-state index contributed by atoms with van der Waals surface area (Å²) in [5.74, 6) is -1.66. The van der Waals surface area contributed by atoms with E-state index < -0.39 is 44.7 Å².